The number of hydrogen-bond acceptors (Lipinski definition) is 6. The van der Waals surface area contributed by atoms with Crippen LogP contribution in [0.5, 0.6) is 0 Å². The van der Waals surface area contributed by atoms with Crippen LogP contribution in [-0.2, 0) is 19.1 Å². The predicted molar refractivity (Wildman–Crippen MR) is 75.3 cm³/mol. The number of carbonyl (C=O) groups excluding carboxylic acids is 2. The molecule has 1 aromatic carbocycles. The summed E-state index contributed by atoms with van der Waals surface area (Å²) in [5.41, 5.74) is 0.833. The Balaban J connectivity index is 2.80. The standard InChI is InChI=1S/C15H18N2O4/c1-20-14(18)10-17(11-15(19)21-2)9-13(8-16)12-6-4-3-5-7-12/h3-7,13H,9-11H2,1-2H3. The summed E-state index contributed by atoms with van der Waals surface area (Å²) < 4.78 is 9.20. The van der Waals surface area contributed by atoms with Gasteiger partial charge in [0.1, 0.15) is 0 Å². The monoisotopic (exact) mass is 290 g/mol. The first-order valence-electron chi connectivity index (χ1n) is 6.41. The molecule has 0 saturated carbocycles. The molecule has 0 aliphatic heterocycles. The Labute approximate surface area is 123 Å². The van der Waals surface area contributed by atoms with Gasteiger partial charge in [-0.2, -0.15) is 5.26 Å². The van der Waals surface area contributed by atoms with E-state index in [9.17, 15) is 14.9 Å². The highest BCUT2D eigenvalue weighted by Gasteiger charge is 2.20. The van der Waals surface area contributed by atoms with Crippen LogP contribution < -0.4 is 0 Å². The number of esters is 2. The van der Waals surface area contributed by atoms with Crippen molar-refractivity contribution in [3.8, 4) is 6.07 Å². The van der Waals surface area contributed by atoms with Gasteiger partial charge in [0.25, 0.3) is 0 Å². The topological polar surface area (TPSA) is 79.6 Å². The molecule has 21 heavy (non-hydrogen) atoms. The molecular weight excluding hydrogens is 272 g/mol. The number of methoxy groups -OCH3 is 2. The molecule has 0 saturated heterocycles. The van der Waals surface area contributed by atoms with E-state index in [1.54, 1.807) is 4.90 Å². The van der Waals surface area contributed by atoms with Crippen molar-refractivity contribution in [3.63, 3.8) is 0 Å². The molecule has 0 heterocycles. The highest BCUT2D eigenvalue weighted by Crippen LogP contribution is 2.16. The van der Waals surface area contributed by atoms with Crippen molar-refractivity contribution >= 4 is 11.9 Å². The molecule has 112 valence electrons. The number of carbonyl (C=O) groups is 2. The van der Waals surface area contributed by atoms with Gasteiger partial charge in [-0.1, -0.05) is 30.3 Å². The zero-order valence-electron chi connectivity index (χ0n) is 12.1. The van der Waals surface area contributed by atoms with Gasteiger partial charge in [-0.15, -0.1) is 0 Å². The molecule has 0 aromatic heterocycles. The summed E-state index contributed by atoms with van der Waals surface area (Å²) in [5.74, 6) is -1.38. The fourth-order valence-electron chi connectivity index (χ4n) is 1.84. The van der Waals surface area contributed by atoms with Crippen LogP contribution in [0.2, 0.25) is 0 Å². The summed E-state index contributed by atoms with van der Waals surface area (Å²) in [6.07, 6.45) is 0. The summed E-state index contributed by atoms with van der Waals surface area (Å²) in [4.78, 5) is 24.3. The lowest BCUT2D eigenvalue weighted by Crippen LogP contribution is -2.38. The minimum absolute atomic E-state index is 0.0728. The first kappa shape index (κ1) is 16.7. The molecular formula is C15H18N2O4. The molecule has 0 amide bonds. The van der Waals surface area contributed by atoms with Crippen molar-refractivity contribution in [2.24, 2.45) is 0 Å². The van der Waals surface area contributed by atoms with Crippen LogP contribution in [0.3, 0.4) is 0 Å². The van der Waals surface area contributed by atoms with Gasteiger partial charge in [0, 0.05) is 6.54 Å². The van der Waals surface area contributed by atoms with Gasteiger partial charge in [0.2, 0.25) is 0 Å². The lowest BCUT2D eigenvalue weighted by Gasteiger charge is -2.22. The van der Waals surface area contributed by atoms with Gasteiger partial charge in [0.05, 0.1) is 39.3 Å². The van der Waals surface area contributed by atoms with Crippen molar-refractivity contribution in [1.82, 2.24) is 4.90 Å². The van der Waals surface area contributed by atoms with Crippen LogP contribution >= 0.6 is 0 Å². The number of benzene rings is 1. The Bertz CT molecular complexity index is 492. The van der Waals surface area contributed by atoms with Crippen molar-refractivity contribution in [3.05, 3.63) is 35.9 Å². The summed E-state index contributed by atoms with van der Waals surface area (Å²) in [6, 6.07) is 11.4. The molecule has 0 fully saturated rings. The highest BCUT2D eigenvalue weighted by molar-refractivity contribution is 5.74. The molecule has 1 unspecified atom stereocenters. The van der Waals surface area contributed by atoms with Crippen LogP contribution in [0.25, 0.3) is 0 Å². The molecule has 0 N–H and O–H groups in total. The number of nitriles is 1. The first-order chi connectivity index (χ1) is 10.1. The van der Waals surface area contributed by atoms with Gasteiger partial charge in [-0.05, 0) is 5.56 Å². The van der Waals surface area contributed by atoms with E-state index in [0.717, 1.165) is 5.56 Å². The van der Waals surface area contributed by atoms with Crippen molar-refractivity contribution in [1.29, 1.82) is 5.26 Å². The molecule has 0 radical (unpaired) electrons. The molecule has 0 spiro atoms. The van der Waals surface area contributed by atoms with Crippen LogP contribution in [0, 0.1) is 11.3 Å². The third kappa shape index (κ3) is 5.63. The Morgan fingerprint density at radius 1 is 1.14 bits per heavy atom. The summed E-state index contributed by atoms with van der Waals surface area (Å²) in [6.45, 7) is 0.0952. The maximum atomic E-state index is 11.4. The van der Waals surface area contributed by atoms with E-state index in [2.05, 4.69) is 15.5 Å². The lowest BCUT2D eigenvalue weighted by atomic mass is 10.00. The maximum Gasteiger partial charge on any atom is 0.319 e. The predicted octanol–water partition coefficient (Wildman–Crippen LogP) is 0.942. The zero-order valence-corrected chi connectivity index (χ0v) is 12.1. The Hall–Kier alpha value is -2.39. The molecule has 0 aliphatic rings. The summed E-state index contributed by atoms with van der Waals surface area (Å²) in [7, 11) is 2.55. The lowest BCUT2D eigenvalue weighted by molar-refractivity contribution is -0.145. The molecule has 1 atom stereocenters. The Morgan fingerprint density at radius 3 is 2.10 bits per heavy atom. The van der Waals surface area contributed by atoms with Crippen LogP contribution in [-0.4, -0.2) is 50.7 Å². The minimum atomic E-state index is -0.469. The van der Waals surface area contributed by atoms with E-state index < -0.39 is 17.9 Å². The number of ether oxygens (including phenoxy) is 2. The number of rotatable bonds is 7. The minimum Gasteiger partial charge on any atom is -0.468 e. The average Bonchev–Trinajstić information content (AvgIpc) is 2.52. The first-order valence-corrected chi connectivity index (χ1v) is 6.41. The van der Waals surface area contributed by atoms with E-state index in [0.29, 0.717) is 0 Å². The van der Waals surface area contributed by atoms with E-state index in [1.165, 1.54) is 14.2 Å². The van der Waals surface area contributed by atoms with Gasteiger partial charge in [0.15, 0.2) is 0 Å². The highest BCUT2D eigenvalue weighted by atomic mass is 16.5. The zero-order chi connectivity index (χ0) is 15.7. The Morgan fingerprint density at radius 2 is 1.67 bits per heavy atom. The normalized spacial score (nSPS) is 11.5. The second-order valence-corrected chi connectivity index (χ2v) is 4.41. The number of nitrogens with zero attached hydrogens (tertiary/aromatic N) is 2. The van der Waals surface area contributed by atoms with Gasteiger partial charge in [-0.25, -0.2) is 0 Å². The fourth-order valence-corrected chi connectivity index (χ4v) is 1.84. The largest absolute Gasteiger partial charge is 0.468 e. The van der Waals surface area contributed by atoms with Crippen LogP contribution in [0.15, 0.2) is 30.3 Å². The van der Waals surface area contributed by atoms with E-state index >= 15 is 0 Å². The Kier molecular flexibility index (Phi) is 6.92. The molecule has 0 bridgehead atoms. The van der Waals surface area contributed by atoms with Crippen LogP contribution in [0.4, 0.5) is 0 Å². The van der Waals surface area contributed by atoms with Crippen LogP contribution in [0.1, 0.15) is 11.5 Å². The average molecular weight is 290 g/mol. The van der Waals surface area contributed by atoms with E-state index in [1.807, 2.05) is 30.3 Å². The maximum absolute atomic E-state index is 11.4. The van der Waals surface area contributed by atoms with Gasteiger partial charge >= 0.3 is 11.9 Å². The molecule has 0 aliphatic carbocycles. The fraction of sp³-hybridized carbons (Fsp3) is 0.400. The van der Waals surface area contributed by atoms with Crippen molar-refractivity contribution < 1.29 is 19.1 Å². The van der Waals surface area contributed by atoms with Crippen molar-refractivity contribution in [2.75, 3.05) is 33.9 Å². The second-order valence-electron chi connectivity index (χ2n) is 4.41. The molecule has 6 nitrogen and oxygen atoms in total. The van der Waals surface area contributed by atoms with Gasteiger partial charge in [-0.3, -0.25) is 14.5 Å². The molecule has 1 rings (SSSR count). The SMILES string of the molecule is COC(=O)CN(CC(=O)OC)CC(C#N)c1ccccc1. The summed E-state index contributed by atoms with van der Waals surface area (Å²) in [5, 5.41) is 9.30. The van der Waals surface area contributed by atoms with Crippen molar-refractivity contribution in [2.45, 2.75) is 5.92 Å². The molecule has 6 heteroatoms. The summed E-state index contributed by atoms with van der Waals surface area (Å²) >= 11 is 0. The van der Waals surface area contributed by atoms with E-state index in [-0.39, 0.29) is 19.6 Å². The van der Waals surface area contributed by atoms with Gasteiger partial charge < -0.3 is 9.47 Å². The third-order valence-electron chi connectivity index (χ3n) is 2.96. The third-order valence-corrected chi connectivity index (χ3v) is 2.96. The molecule has 1 aromatic rings. The van der Waals surface area contributed by atoms with E-state index in [4.69, 9.17) is 0 Å². The second kappa shape index (κ2) is 8.72. The smallest absolute Gasteiger partial charge is 0.319 e. The quantitative estimate of drug-likeness (QED) is 0.695. The number of hydrogen-bond donors (Lipinski definition) is 0.